The maximum absolute atomic E-state index is 12.7. The molecule has 4 nitrogen and oxygen atoms in total. The standard InChI is InChI=1S/C15H27NO3S/c1-9(2)11-8-18-12(6-7-20-5)16(11)15(17)14-13(19-14)10(3)4/h9-14H,6-8H2,1-5H3/t11-,12+,13+,14-/m1/s1. The van der Waals surface area contributed by atoms with E-state index < -0.39 is 0 Å². The average Bonchev–Trinajstić information content (AvgIpc) is 3.08. The Hall–Kier alpha value is -0.260. The molecule has 2 fully saturated rings. The lowest BCUT2D eigenvalue weighted by atomic mass is 10.0. The second kappa shape index (κ2) is 6.67. The summed E-state index contributed by atoms with van der Waals surface area (Å²) in [6, 6.07) is 0.186. The first-order valence-corrected chi connectivity index (χ1v) is 8.95. The van der Waals surface area contributed by atoms with Gasteiger partial charge in [-0.25, -0.2) is 0 Å². The van der Waals surface area contributed by atoms with Gasteiger partial charge in [0.05, 0.1) is 18.8 Å². The first-order valence-electron chi connectivity index (χ1n) is 7.55. The Morgan fingerprint density at radius 1 is 1.30 bits per heavy atom. The van der Waals surface area contributed by atoms with Gasteiger partial charge in [0.15, 0.2) is 6.10 Å². The van der Waals surface area contributed by atoms with Gasteiger partial charge in [-0.1, -0.05) is 27.7 Å². The summed E-state index contributed by atoms with van der Waals surface area (Å²) < 4.78 is 11.5. The average molecular weight is 301 g/mol. The zero-order valence-corrected chi connectivity index (χ0v) is 14.0. The number of ether oxygens (including phenoxy) is 2. The van der Waals surface area contributed by atoms with E-state index in [2.05, 4.69) is 34.0 Å². The molecule has 2 rings (SSSR count). The maximum atomic E-state index is 12.7. The first-order chi connectivity index (χ1) is 9.47. The molecule has 116 valence electrons. The number of carbonyl (C=O) groups excluding carboxylic acids is 1. The minimum Gasteiger partial charge on any atom is -0.359 e. The number of rotatable bonds is 6. The van der Waals surface area contributed by atoms with Gasteiger partial charge in [-0.15, -0.1) is 0 Å². The Labute approximate surface area is 126 Å². The molecular formula is C15H27NO3S. The summed E-state index contributed by atoms with van der Waals surface area (Å²) in [4.78, 5) is 14.7. The van der Waals surface area contributed by atoms with Crippen LogP contribution in [0.15, 0.2) is 0 Å². The van der Waals surface area contributed by atoms with E-state index in [0.29, 0.717) is 18.4 Å². The van der Waals surface area contributed by atoms with Gasteiger partial charge in [0.2, 0.25) is 0 Å². The fourth-order valence-corrected chi connectivity index (χ4v) is 3.26. The van der Waals surface area contributed by atoms with Crippen molar-refractivity contribution in [1.29, 1.82) is 0 Å². The Kier molecular flexibility index (Phi) is 5.37. The highest BCUT2D eigenvalue weighted by Gasteiger charge is 2.52. The summed E-state index contributed by atoms with van der Waals surface area (Å²) >= 11 is 1.79. The maximum Gasteiger partial charge on any atom is 0.256 e. The highest BCUT2D eigenvalue weighted by Crippen LogP contribution is 2.35. The third-order valence-electron chi connectivity index (χ3n) is 4.15. The van der Waals surface area contributed by atoms with Crippen LogP contribution in [0, 0.1) is 11.8 Å². The van der Waals surface area contributed by atoms with Crippen LogP contribution in [0.2, 0.25) is 0 Å². The van der Waals surface area contributed by atoms with Crippen molar-refractivity contribution in [3.8, 4) is 0 Å². The van der Waals surface area contributed by atoms with Crippen LogP contribution in [0.3, 0.4) is 0 Å². The van der Waals surface area contributed by atoms with E-state index in [1.54, 1.807) is 11.8 Å². The topological polar surface area (TPSA) is 42.1 Å². The number of hydrogen-bond acceptors (Lipinski definition) is 4. The molecular weight excluding hydrogens is 274 g/mol. The Morgan fingerprint density at radius 2 is 2.00 bits per heavy atom. The predicted molar refractivity (Wildman–Crippen MR) is 81.7 cm³/mol. The zero-order valence-electron chi connectivity index (χ0n) is 13.2. The highest BCUT2D eigenvalue weighted by molar-refractivity contribution is 7.98. The normalized spacial score (nSPS) is 33.2. The largest absolute Gasteiger partial charge is 0.359 e. The second-order valence-electron chi connectivity index (χ2n) is 6.39. The van der Waals surface area contributed by atoms with Crippen molar-refractivity contribution in [2.24, 2.45) is 11.8 Å². The number of amides is 1. The molecule has 5 heteroatoms. The van der Waals surface area contributed by atoms with Crippen molar-refractivity contribution in [1.82, 2.24) is 4.90 Å². The molecule has 2 aliphatic rings. The van der Waals surface area contributed by atoms with E-state index in [1.807, 2.05) is 4.90 Å². The molecule has 2 saturated heterocycles. The van der Waals surface area contributed by atoms with Gasteiger partial charge < -0.3 is 14.4 Å². The number of epoxide rings is 1. The van der Waals surface area contributed by atoms with E-state index in [-0.39, 0.29) is 30.4 Å². The van der Waals surface area contributed by atoms with Crippen LogP contribution in [0.5, 0.6) is 0 Å². The van der Waals surface area contributed by atoms with E-state index in [1.165, 1.54) is 0 Å². The lowest BCUT2D eigenvalue weighted by molar-refractivity contribution is -0.140. The number of carbonyl (C=O) groups is 1. The molecule has 0 radical (unpaired) electrons. The van der Waals surface area contributed by atoms with Crippen LogP contribution in [-0.2, 0) is 14.3 Å². The summed E-state index contributed by atoms with van der Waals surface area (Å²) in [6.45, 7) is 9.16. The van der Waals surface area contributed by atoms with Gasteiger partial charge in [-0.3, -0.25) is 4.79 Å². The van der Waals surface area contributed by atoms with Crippen molar-refractivity contribution < 1.29 is 14.3 Å². The lowest BCUT2D eigenvalue weighted by Gasteiger charge is -2.30. The molecule has 1 amide bonds. The predicted octanol–water partition coefficient (Wildman–Crippen LogP) is 2.37. The number of nitrogens with zero attached hydrogens (tertiary/aromatic N) is 1. The van der Waals surface area contributed by atoms with Crippen LogP contribution in [0.25, 0.3) is 0 Å². The molecule has 0 saturated carbocycles. The molecule has 0 aromatic carbocycles. The van der Waals surface area contributed by atoms with Crippen LogP contribution < -0.4 is 0 Å². The third-order valence-corrected chi connectivity index (χ3v) is 4.79. The number of hydrogen-bond donors (Lipinski definition) is 0. The van der Waals surface area contributed by atoms with E-state index >= 15 is 0 Å². The Balaban J connectivity index is 2.04. The Morgan fingerprint density at radius 3 is 2.50 bits per heavy atom. The minimum absolute atomic E-state index is 0.0700. The Bertz CT molecular complexity index is 348. The van der Waals surface area contributed by atoms with E-state index in [9.17, 15) is 4.79 Å². The molecule has 4 atom stereocenters. The third kappa shape index (κ3) is 3.31. The van der Waals surface area contributed by atoms with Crippen LogP contribution in [0.1, 0.15) is 34.1 Å². The lowest BCUT2D eigenvalue weighted by Crippen LogP contribution is -2.47. The number of thioether (sulfide) groups is 1. The molecule has 0 spiro atoms. The van der Waals surface area contributed by atoms with Gasteiger partial charge in [-0.05, 0) is 23.8 Å². The minimum atomic E-state index is -0.241. The molecule has 0 unspecified atom stereocenters. The van der Waals surface area contributed by atoms with Crippen molar-refractivity contribution in [2.45, 2.75) is 58.6 Å². The highest BCUT2D eigenvalue weighted by atomic mass is 32.2. The smallest absolute Gasteiger partial charge is 0.256 e. The molecule has 0 bridgehead atoms. The first kappa shape index (κ1) is 16.1. The summed E-state index contributed by atoms with van der Waals surface area (Å²) in [5.41, 5.74) is 0. The summed E-state index contributed by atoms with van der Waals surface area (Å²) in [5.74, 6) is 1.95. The van der Waals surface area contributed by atoms with Crippen molar-refractivity contribution in [3.05, 3.63) is 0 Å². The molecule has 0 aromatic rings. The molecule has 2 aliphatic heterocycles. The van der Waals surface area contributed by atoms with Crippen molar-refractivity contribution >= 4 is 17.7 Å². The van der Waals surface area contributed by atoms with Crippen molar-refractivity contribution in [3.63, 3.8) is 0 Å². The quantitative estimate of drug-likeness (QED) is 0.706. The molecule has 0 N–H and O–H groups in total. The monoisotopic (exact) mass is 301 g/mol. The summed E-state index contributed by atoms with van der Waals surface area (Å²) in [5, 5.41) is 0. The van der Waals surface area contributed by atoms with Crippen molar-refractivity contribution in [2.75, 3.05) is 18.6 Å². The molecule has 0 aromatic heterocycles. The summed E-state index contributed by atoms with van der Waals surface area (Å²) in [6.07, 6.45) is 2.76. The molecule has 2 heterocycles. The van der Waals surface area contributed by atoms with Crippen LogP contribution in [0.4, 0.5) is 0 Å². The zero-order chi connectivity index (χ0) is 14.9. The van der Waals surface area contributed by atoms with E-state index in [4.69, 9.17) is 9.47 Å². The van der Waals surface area contributed by atoms with Gasteiger partial charge in [0, 0.05) is 6.42 Å². The van der Waals surface area contributed by atoms with Crippen LogP contribution >= 0.6 is 11.8 Å². The van der Waals surface area contributed by atoms with Gasteiger partial charge in [0.25, 0.3) is 5.91 Å². The van der Waals surface area contributed by atoms with Gasteiger partial charge >= 0.3 is 0 Å². The van der Waals surface area contributed by atoms with Gasteiger partial charge in [-0.2, -0.15) is 11.8 Å². The fourth-order valence-electron chi connectivity index (χ4n) is 2.82. The molecule has 20 heavy (non-hydrogen) atoms. The fraction of sp³-hybridized carbons (Fsp3) is 0.933. The van der Waals surface area contributed by atoms with E-state index in [0.717, 1.165) is 12.2 Å². The second-order valence-corrected chi connectivity index (χ2v) is 7.38. The SMILES string of the molecule is CSCC[C@@H]1OC[C@H](C(C)C)N1C(=O)[C@@H]1O[C@H]1C(C)C. The van der Waals surface area contributed by atoms with Crippen LogP contribution in [-0.4, -0.2) is 53.9 Å². The van der Waals surface area contributed by atoms with Gasteiger partial charge in [0.1, 0.15) is 6.23 Å². The molecule has 0 aliphatic carbocycles. The summed E-state index contributed by atoms with van der Waals surface area (Å²) in [7, 11) is 0.